The number of methoxy groups -OCH3 is 3. The molecule has 3 unspecified atom stereocenters. The lowest BCUT2D eigenvalue weighted by Gasteiger charge is -2.19. The van der Waals surface area contributed by atoms with Crippen molar-refractivity contribution >= 4 is 64.1 Å². The molecule has 9 aromatic rings. The molecule has 3 atom stereocenters. The van der Waals surface area contributed by atoms with Gasteiger partial charge in [-0.1, -0.05) is 78.3 Å². The minimum atomic E-state index is -0.535. The Bertz CT molecular complexity index is 4490. The summed E-state index contributed by atoms with van der Waals surface area (Å²) >= 11 is 6.13. The molecule has 19 nitrogen and oxygen atoms in total. The lowest BCUT2D eigenvalue weighted by Crippen LogP contribution is -2.24. The molecule has 96 heavy (non-hydrogen) atoms. The lowest BCUT2D eigenvalue weighted by molar-refractivity contribution is -0.118. The quantitative estimate of drug-likeness (QED) is 0.0722. The molecule has 6 amide bonds. The van der Waals surface area contributed by atoms with E-state index in [2.05, 4.69) is 6.07 Å². The Morgan fingerprint density at radius 2 is 0.812 bits per heavy atom. The highest BCUT2D eigenvalue weighted by atomic mass is 35.5. The van der Waals surface area contributed by atoms with Gasteiger partial charge in [0.1, 0.15) is 17.2 Å². The zero-order chi connectivity index (χ0) is 68.3. The van der Waals surface area contributed by atoms with Gasteiger partial charge in [-0.2, -0.15) is 5.26 Å². The molecule has 0 radical (unpaired) electrons. The summed E-state index contributed by atoms with van der Waals surface area (Å²) in [5.74, 6) is 3.68. The van der Waals surface area contributed by atoms with Crippen molar-refractivity contribution in [2.75, 3.05) is 55.7 Å². The molecule has 20 heteroatoms. The standard InChI is InChI=1S/C26H26N2O4.C25H23ClN2O4.C25H21N3O4/c1-16-6-4-7-17(2)25(16)32-23-13-18(10-11-22(23)31-3)20-14-24(29)28(15-20)21-9-5-8-19(12-21)26(27)30;1-15-6-8-19(26)13-22(15)32-23-11-16(7-9-21(23)31-2)18-12-24(29)28(14-18)20-5-3-4-17(10-20)25(27)30;1-31-22-9-8-17(12-23(22)32-21-7-2-4-16(10-21)14-26)19-13-24(29)28(15-19)20-6-3-5-18(11-20)25(27)30/h4-13,20H,14-15H2,1-3H3,(H2,27,30);3-11,13,18H,12,14H2,1-2H3,(H2,27,30);2-12,19H,13,15H2,1H3,(H2,27,30). The van der Waals surface area contributed by atoms with Crippen molar-refractivity contribution < 1.29 is 57.2 Å². The highest BCUT2D eigenvalue weighted by Crippen LogP contribution is 2.43. The first-order valence-corrected chi connectivity index (χ1v) is 31.1. The van der Waals surface area contributed by atoms with Crippen LogP contribution in [0.3, 0.4) is 0 Å². The van der Waals surface area contributed by atoms with Gasteiger partial charge in [0.25, 0.3) is 0 Å². The van der Waals surface area contributed by atoms with Crippen LogP contribution in [0, 0.1) is 32.1 Å². The van der Waals surface area contributed by atoms with Gasteiger partial charge < -0.3 is 60.3 Å². The third kappa shape index (κ3) is 15.7. The van der Waals surface area contributed by atoms with E-state index in [1.54, 1.807) is 139 Å². The second-order valence-corrected chi connectivity index (χ2v) is 23.7. The summed E-state index contributed by atoms with van der Waals surface area (Å²) in [4.78, 5) is 77.9. The van der Waals surface area contributed by atoms with Crippen LogP contribution in [0.5, 0.6) is 51.7 Å². The number of halogens is 1. The second kappa shape index (κ2) is 30.0. The first-order chi connectivity index (χ1) is 46.2. The van der Waals surface area contributed by atoms with Crippen LogP contribution in [-0.4, -0.2) is 76.4 Å². The molecule has 3 aliphatic rings. The largest absolute Gasteiger partial charge is 0.493 e. The summed E-state index contributed by atoms with van der Waals surface area (Å²) in [6.45, 7) is 7.42. The summed E-state index contributed by atoms with van der Waals surface area (Å²) in [5.41, 5.74) is 25.6. The molecule has 3 heterocycles. The molecule has 12 rings (SSSR count). The Hall–Kier alpha value is -11.6. The number of primary amides is 3. The third-order valence-corrected chi connectivity index (χ3v) is 17.1. The van der Waals surface area contributed by atoms with Crippen molar-refractivity contribution in [2.24, 2.45) is 17.2 Å². The predicted octanol–water partition coefficient (Wildman–Crippen LogP) is 13.8. The van der Waals surface area contributed by atoms with Crippen molar-refractivity contribution in [1.82, 2.24) is 0 Å². The number of amides is 6. The summed E-state index contributed by atoms with van der Waals surface area (Å²) < 4.78 is 34.8. The Kier molecular flexibility index (Phi) is 21.0. The smallest absolute Gasteiger partial charge is 0.248 e. The monoisotopic (exact) mass is 1310 g/mol. The molecule has 0 aromatic heterocycles. The lowest BCUT2D eigenvalue weighted by atomic mass is 9.98. The van der Waals surface area contributed by atoms with E-state index in [0.717, 1.165) is 39.1 Å². The number of nitriles is 1. The van der Waals surface area contributed by atoms with Crippen molar-refractivity contribution in [2.45, 2.75) is 57.8 Å². The fourth-order valence-corrected chi connectivity index (χ4v) is 11.9. The van der Waals surface area contributed by atoms with E-state index < -0.39 is 17.7 Å². The maximum absolute atomic E-state index is 12.8. The number of hydrogen-bond acceptors (Lipinski definition) is 13. The predicted molar refractivity (Wildman–Crippen MR) is 366 cm³/mol. The van der Waals surface area contributed by atoms with E-state index >= 15 is 0 Å². The number of nitrogens with zero attached hydrogens (tertiary/aromatic N) is 4. The minimum absolute atomic E-state index is 0.00431. The maximum atomic E-state index is 12.8. The van der Waals surface area contributed by atoms with Crippen molar-refractivity contribution in [3.8, 4) is 57.8 Å². The van der Waals surface area contributed by atoms with Gasteiger partial charge >= 0.3 is 0 Å². The van der Waals surface area contributed by atoms with E-state index in [0.29, 0.717) is 129 Å². The van der Waals surface area contributed by atoms with E-state index in [4.69, 9.17) is 62.5 Å². The zero-order valence-corrected chi connectivity index (χ0v) is 54.4. The van der Waals surface area contributed by atoms with Gasteiger partial charge in [-0.3, -0.25) is 28.8 Å². The maximum Gasteiger partial charge on any atom is 0.248 e. The van der Waals surface area contributed by atoms with Crippen LogP contribution in [0.4, 0.5) is 17.1 Å². The summed E-state index contributed by atoms with van der Waals surface area (Å²) in [7, 11) is 4.75. The Morgan fingerprint density at radius 1 is 0.427 bits per heavy atom. The number of benzene rings is 9. The van der Waals surface area contributed by atoms with E-state index in [1.807, 2.05) is 106 Å². The van der Waals surface area contributed by atoms with E-state index in [1.165, 1.54) is 0 Å². The second-order valence-electron chi connectivity index (χ2n) is 23.3. The minimum Gasteiger partial charge on any atom is -0.493 e. The Balaban J connectivity index is 0.000000157. The normalized spacial score (nSPS) is 15.5. The van der Waals surface area contributed by atoms with Crippen molar-refractivity contribution in [3.05, 3.63) is 249 Å². The van der Waals surface area contributed by atoms with Crippen LogP contribution in [0.25, 0.3) is 0 Å². The molecule has 3 saturated heterocycles. The molecule has 0 aliphatic carbocycles. The van der Waals surface area contributed by atoms with Gasteiger partial charge in [-0.25, -0.2) is 0 Å². The molecule has 0 spiro atoms. The van der Waals surface area contributed by atoms with Crippen LogP contribution in [0.15, 0.2) is 188 Å². The van der Waals surface area contributed by atoms with Gasteiger partial charge in [0.15, 0.2) is 34.5 Å². The number of rotatable bonds is 18. The molecule has 3 fully saturated rings. The molecule has 0 saturated carbocycles. The number of aryl methyl sites for hydroxylation is 3. The number of anilines is 3. The van der Waals surface area contributed by atoms with Crippen LogP contribution in [0.1, 0.15) is 107 Å². The Morgan fingerprint density at radius 3 is 1.21 bits per heavy atom. The molecular formula is C76H70ClN7O12. The first-order valence-electron chi connectivity index (χ1n) is 30.7. The zero-order valence-electron chi connectivity index (χ0n) is 53.7. The number of nitrogens with two attached hydrogens (primary N) is 3. The number of carbonyl (C=O) groups excluding carboxylic acids is 6. The first kappa shape index (κ1) is 67.3. The number of ether oxygens (including phenoxy) is 6. The van der Waals surface area contributed by atoms with E-state index in [9.17, 15) is 28.8 Å². The van der Waals surface area contributed by atoms with Gasteiger partial charge in [0.05, 0.1) is 33.0 Å². The molecule has 9 aromatic carbocycles. The average molecular weight is 1310 g/mol. The van der Waals surface area contributed by atoms with Crippen LogP contribution in [-0.2, 0) is 14.4 Å². The molecule has 488 valence electrons. The Labute approximate surface area is 561 Å². The summed E-state index contributed by atoms with van der Waals surface area (Å²) in [6.07, 6.45) is 1.05. The molecule has 6 N–H and O–H groups in total. The van der Waals surface area contributed by atoms with Crippen LogP contribution in [0.2, 0.25) is 5.02 Å². The molecule has 0 bridgehead atoms. The van der Waals surface area contributed by atoms with Gasteiger partial charge in [0, 0.05) is 95.4 Å². The molecule has 3 aliphatic heterocycles. The number of para-hydroxylation sites is 1. The summed E-state index contributed by atoms with van der Waals surface area (Å²) in [6, 6.07) is 57.9. The fraction of sp³-hybridized carbons (Fsp3) is 0.197. The molecular weight excluding hydrogens is 1240 g/mol. The SMILES string of the molecule is COc1ccc(C2CC(=O)N(c3cccc(C(N)=O)c3)C2)cc1Oc1c(C)cccc1C.COc1ccc(C2CC(=O)N(c3cccc(C(N)=O)c3)C2)cc1Oc1cc(Cl)ccc1C.COc1ccc(C2CC(=O)N(c3cccc(C(N)=O)c3)C2)cc1Oc1cccc(C#N)c1. The van der Waals surface area contributed by atoms with Crippen molar-refractivity contribution in [3.63, 3.8) is 0 Å². The van der Waals surface area contributed by atoms with Crippen LogP contribution >= 0.6 is 11.6 Å². The van der Waals surface area contributed by atoms with E-state index in [-0.39, 0.29) is 35.5 Å². The highest BCUT2D eigenvalue weighted by Gasteiger charge is 2.35. The topological polar surface area (TPSA) is 269 Å². The average Bonchev–Trinajstić information content (AvgIpc) is 1.66. The summed E-state index contributed by atoms with van der Waals surface area (Å²) in [5, 5.41) is 9.69. The highest BCUT2D eigenvalue weighted by molar-refractivity contribution is 6.30. The van der Waals surface area contributed by atoms with Gasteiger partial charge in [-0.15, -0.1) is 0 Å². The number of hydrogen-bond donors (Lipinski definition) is 3. The third-order valence-electron chi connectivity index (χ3n) is 16.9. The van der Waals surface area contributed by atoms with Gasteiger partial charge in [0.2, 0.25) is 35.4 Å². The van der Waals surface area contributed by atoms with Gasteiger partial charge in [-0.05, 0) is 175 Å². The van der Waals surface area contributed by atoms with Crippen LogP contribution < -0.4 is 60.3 Å². The van der Waals surface area contributed by atoms with Crippen molar-refractivity contribution in [1.29, 1.82) is 5.26 Å². The number of carbonyl (C=O) groups is 6. The fourth-order valence-electron chi connectivity index (χ4n) is 11.7.